The quantitative estimate of drug-likeness (QED) is 0.583. The van der Waals surface area contributed by atoms with Gasteiger partial charge in [0.05, 0.1) is 18.2 Å². The van der Waals surface area contributed by atoms with Gasteiger partial charge in [0.15, 0.2) is 11.5 Å². The monoisotopic (exact) mass is 373 g/mol. The third kappa shape index (κ3) is 4.31. The first kappa shape index (κ1) is 18.6. The van der Waals surface area contributed by atoms with Crippen LogP contribution in [0.2, 0.25) is 0 Å². The molecule has 0 aliphatic heterocycles. The number of para-hydroxylation sites is 1. The first-order chi connectivity index (χ1) is 13.0. The summed E-state index contributed by atoms with van der Waals surface area (Å²) >= 11 is 0. The Morgan fingerprint density at radius 3 is 2.59 bits per heavy atom. The van der Waals surface area contributed by atoms with Crippen LogP contribution in [0, 0.1) is 0 Å². The van der Waals surface area contributed by atoms with Crippen LogP contribution in [-0.2, 0) is 4.74 Å². The van der Waals surface area contributed by atoms with E-state index < -0.39 is 18.7 Å². The van der Waals surface area contributed by atoms with Gasteiger partial charge in [-0.05, 0) is 37.3 Å². The van der Waals surface area contributed by atoms with Gasteiger partial charge in [0.25, 0.3) is 0 Å². The minimum Gasteiger partial charge on any atom is -0.493 e. The molecular weight excluding hydrogens is 356 g/mol. The number of aromatic nitrogens is 1. The number of esters is 1. The van der Waals surface area contributed by atoms with Gasteiger partial charge in [-0.15, -0.1) is 0 Å². The average Bonchev–Trinajstić information content (AvgIpc) is 2.67. The van der Waals surface area contributed by atoms with Crippen LogP contribution in [-0.4, -0.2) is 24.7 Å². The lowest BCUT2D eigenvalue weighted by Crippen LogP contribution is -2.10. The molecule has 1 atom stereocenters. The number of rotatable bonds is 6. The Kier molecular flexibility index (Phi) is 5.49. The van der Waals surface area contributed by atoms with Gasteiger partial charge in [0.1, 0.15) is 6.10 Å². The fourth-order valence-corrected chi connectivity index (χ4v) is 2.59. The number of nitrogens with zero attached hydrogens (tertiary/aromatic N) is 1. The zero-order valence-corrected chi connectivity index (χ0v) is 14.7. The molecule has 1 aromatic heterocycles. The average molecular weight is 373 g/mol. The van der Waals surface area contributed by atoms with Crippen molar-refractivity contribution in [2.45, 2.75) is 19.6 Å². The lowest BCUT2D eigenvalue weighted by molar-refractivity contribution is -0.0512. The molecule has 2 aromatic carbocycles. The number of hydrogen-bond donors (Lipinski definition) is 0. The highest BCUT2D eigenvalue weighted by atomic mass is 19.3. The van der Waals surface area contributed by atoms with Crippen molar-refractivity contribution < 1.29 is 27.8 Å². The molecule has 3 rings (SSSR count). The van der Waals surface area contributed by atoms with Crippen LogP contribution in [0.15, 0.2) is 54.7 Å². The van der Waals surface area contributed by atoms with E-state index in [4.69, 9.17) is 9.47 Å². The number of pyridine rings is 1. The van der Waals surface area contributed by atoms with E-state index in [2.05, 4.69) is 9.72 Å². The van der Waals surface area contributed by atoms with E-state index in [1.807, 2.05) is 30.3 Å². The van der Waals surface area contributed by atoms with E-state index in [1.165, 1.54) is 25.3 Å². The molecular formula is C20H17F2NO4. The summed E-state index contributed by atoms with van der Waals surface area (Å²) in [5, 5.41) is 0.938. The van der Waals surface area contributed by atoms with Crippen molar-refractivity contribution in [1.82, 2.24) is 4.98 Å². The summed E-state index contributed by atoms with van der Waals surface area (Å²) in [5.41, 5.74) is 1.75. The number of fused-ring (bicyclic) bond motifs is 1. The minimum absolute atomic E-state index is 0.0183. The second-order valence-corrected chi connectivity index (χ2v) is 5.75. The van der Waals surface area contributed by atoms with Crippen molar-refractivity contribution in [3.05, 3.63) is 65.9 Å². The summed E-state index contributed by atoms with van der Waals surface area (Å²) in [4.78, 5) is 16.8. The molecule has 7 heteroatoms. The Morgan fingerprint density at radius 1 is 1.07 bits per heavy atom. The maximum absolute atomic E-state index is 12.4. The number of hydrogen-bond acceptors (Lipinski definition) is 5. The first-order valence-corrected chi connectivity index (χ1v) is 8.16. The van der Waals surface area contributed by atoms with Crippen LogP contribution in [0.5, 0.6) is 11.5 Å². The second kappa shape index (κ2) is 7.99. The van der Waals surface area contributed by atoms with E-state index >= 15 is 0 Å². The summed E-state index contributed by atoms with van der Waals surface area (Å²) in [6.07, 6.45) is 1.11. The third-order valence-electron chi connectivity index (χ3n) is 3.98. The predicted molar refractivity (Wildman–Crippen MR) is 95.2 cm³/mol. The first-order valence-electron chi connectivity index (χ1n) is 8.16. The Labute approximate surface area is 154 Å². The number of halogens is 2. The molecule has 0 bridgehead atoms. The second-order valence-electron chi connectivity index (χ2n) is 5.75. The molecule has 0 N–H and O–H groups in total. The van der Waals surface area contributed by atoms with Gasteiger partial charge >= 0.3 is 12.6 Å². The molecule has 3 aromatic rings. The predicted octanol–water partition coefficient (Wildman–Crippen LogP) is 4.76. The molecule has 0 saturated heterocycles. The molecule has 1 heterocycles. The minimum atomic E-state index is -2.99. The molecule has 0 radical (unpaired) electrons. The summed E-state index contributed by atoms with van der Waals surface area (Å²) in [6.45, 7) is -1.26. The number of ether oxygens (including phenoxy) is 3. The molecule has 0 aliphatic carbocycles. The highest BCUT2D eigenvalue weighted by Crippen LogP contribution is 2.30. The number of methoxy groups -OCH3 is 1. The van der Waals surface area contributed by atoms with Crippen LogP contribution in [0.3, 0.4) is 0 Å². The van der Waals surface area contributed by atoms with Crippen molar-refractivity contribution in [1.29, 1.82) is 0 Å². The van der Waals surface area contributed by atoms with Gasteiger partial charge in [0.2, 0.25) is 0 Å². The molecule has 27 heavy (non-hydrogen) atoms. The van der Waals surface area contributed by atoms with Gasteiger partial charge in [-0.25, -0.2) is 4.79 Å². The van der Waals surface area contributed by atoms with Crippen molar-refractivity contribution in [3.63, 3.8) is 0 Å². The summed E-state index contributed by atoms with van der Waals surface area (Å²) in [7, 11) is 1.30. The van der Waals surface area contributed by atoms with E-state index in [1.54, 1.807) is 13.1 Å². The summed E-state index contributed by atoms with van der Waals surface area (Å²) in [5.74, 6) is -0.752. The normalized spacial score (nSPS) is 12.0. The SMILES string of the molecule is COc1cc(C(=O)OC(C)c2cnc3ccccc3c2)ccc1OC(F)F. The van der Waals surface area contributed by atoms with Gasteiger partial charge in [-0.3, -0.25) is 4.98 Å². The molecule has 1 unspecified atom stereocenters. The Hall–Kier alpha value is -3.22. The van der Waals surface area contributed by atoms with E-state index in [0.29, 0.717) is 0 Å². The van der Waals surface area contributed by atoms with Gasteiger partial charge in [-0.2, -0.15) is 8.78 Å². The van der Waals surface area contributed by atoms with Crippen molar-refractivity contribution in [3.8, 4) is 11.5 Å². The molecule has 0 amide bonds. The third-order valence-corrected chi connectivity index (χ3v) is 3.98. The highest BCUT2D eigenvalue weighted by Gasteiger charge is 2.18. The number of carbonyl (C=O) groups is 1. The number of carbonyl (C=O) groups excluding carboxylic acids is 1. The topological polar surface area (TPSA) is 57.7 Å². The molecule has 0 fully saturated rings. The maximum Gasteiger partial charge on any atom is 0.387 e. The zero-order chi connectivity index (χ0) is 19.4. The maximum atomic E-state index is 12.4. The van der Waals surface area contributed by atoms with Gasteiger partial charge in [-0.1, -0.05) is 18.2 Å². The molecule has 5 nitrogen and oxygen atoms in total. The fourth-order valence-electron chi connectivity index (χ4n) is 2.59. The van der Waals surface area contributed by atoms with Crippen LogP contribution in [0.25, 0.3) is 10.9 Å². The van der Waals surface area contributed by atoms with E-state index in [9.17, 15) is 13.6 Å². The van der Waals surface area contributed by atoms with Crippen molar-refractivity contribution in [2.75, 3.05) is 7.11 Å². The molecule has 0 aliphatic rings. The number of benzene rings is 2. The Balaban J connectivity index is 1.77. The lowest BCUT2D eigenvalue weighted by atomic mass is 10.1. The molecule has 0 saturated carbocycles. The van der Waals surface area contributed by atoms with E-state index in [0.717, 1.165) is 16.5 Å². The van der Waals surface area contributed by atoms with Gasteiger partial charge < -0.3 is 14.2 Å². The van der Waals surface area contributed by atoms with Crippen LogP contribution in [0.1, 0.15) is 28.9 Å². The molecule has 140 valence electrons. The van der Waals surface area contributed by atoms with Crippen LogP contribution >= 0.6 is 0 Å². The van der Waals surface area contributed by atoms with Crippen molar-refractivity contribution in [2.24, 2.45) is 0 Å². The van der Waals surface area contributed by atoms with E-state index in [-0.39, 0.29) is 17.1 Å². The summed E-state index contributed by atoms with van der Waals surface area (Å²) < 4.78 is 39.6. The standard InChI is InChI=1S/C20H17F2NO4/c1-12(15-9-13-5-3-4-6-16(13)23-11-15)26-19(24)14-7-8-17(27-20(21)22)18(10-14)25-2/h3-12,20H,1-2H3. The fraction of sp³-hybridized carbons (Fsp3) is 0.200. The Morgan fingerprint density at radius 2 is 1.85 bits per heavy atom. The van der Waals surface area contributed by atoms with Crippen LogP contribution in [0.4, 0.5) is 8.78 Å². The largest absolute Gasteiger partial charge is 0.493 e. The smallest absolute Gasteiger partial charge is 0.387 e. The zero-order valence-electron chi connectivity index (χ0n) is 14.7. The number of alkyl halides is 2. The summed E-state index contributed by atoms with van der Waals surface area (Å²) in [6, 6.07) is 13.4. The Bertz CT molecular complexity index is 962. The lowest BCUT2D eigenvalue weighted by Gasteiger charge is -2.15. The molecule has 0 spiro atoms. The van der Waals surface area contributed by atoms with Crippen molar-refractivity contribution >= 4 is 16.9 Å². The van der Waals surface area contributed by atoms with Crippen LogP contribution < -0.4 is 9.47 Å². The highest BCUT2D eigenvalue weighted by molar-refractivity contribution is 5.90. The van der Waals surface area contributed by atoms with Gasteiger partial charge in [0, 0.05) is 17.1 Å².